The second-order valence-electron chi connectivity index (χ2n) is 2.94. The summed E-state index contributed by atoms with van der Waals surface area (Å²) in [5.41, 5.74) is 0. The van der Waals surface area contributed by atoms with Crippen LogP contribution in [0.3, 0.4) is 0 Å². The van der Waals surface area contributed by atoms with E-state index >= 15 is 0 Å². The van der Waals surface area contributed by atoms with Crippen molar-refractivity contribution in [2.75, 3.05) is 0 Å². The van der Waals surface area contributed by atoms with Gasteiger partial charge < -0.3 is 0 Å². The summed E-state index contributed by atoms with van der Waals surface area (Å²) in [6.45, 7) is 6.93. The zero-order valence-electron chi connectivity index (χ0n) is 7.41. The Balaban J connectivity index is 4.04. The van der Waals surface area contributed by atoms with Crippen LogP contribution in [0.15, 0.2) is 0 Å². The average Bonchev–Trinajstić information content (AvgIpc) is 2.01. The third-order valence-electron chi connectivity index (χ3n) is 2.73. The summed E-state index contributed by atoms with van der Waals surface area (Å²) >= 11 is -1.44. The zero-order chi connectivity index (χ0) is 8.04. The van der Waals surface area contributed by atoms with Gasteiger partial charge in [-0.2, -0.15) is 0 Å². The first kappa shape index (κ1) is 10.1. The summed E-state index contributed by atoms with van der Waals surface area (Å²) < 4.78 is 0. The summed E-state index contributed by atoms with van der Waals surface area (Å²) in [4.78, 5) is 0. The normalized spacial score (nSPS) is 11.0. The van der Waals surface area contributed by atoms with Gasteiger partial charge in [-0.1, -0.05) is 0 Å². The van der Waals surface area contributed by atoms with Crippen LogP contribution in [0.5, 0.6) is 0 Å². The summed E-state index contributed by atoms with van der Waals surface area (Å²) in [5.74, 6) is 2.84. The van der Waals surface area contributed by atoms with Crippen LogP contribution in [0.25, 0.3) is 0 Å². The topological polar surface area (TPSA) is 0 Å². The average molecular weight is 199 g/mol. The van der Waals surface area contributed by atoms with Crippen LogP contribution in [0, 0.1) is 12.3 Å². The van der Waals surface area contributed by atoms with Gasteiger partial charge in [0.15, 0.2) is 0 Å². The minimum absolute atomic E-state index is 1.13. The van der Waals surface area contributed by atoms with E-state index in [1.54, 1.807) is 0 Å². The molecule has 0 saturated carbocycles. The quantitative estimate of drug-likeness (QED) is 0.481. The van der Waals surface area contributed by atoms with Gasteiger partial charge in [0.1, 0.15) is 0 Å². The van der Waals surface area contributed by atoms with E-state index in [0.717, 1.165) is 5.25 Å². The van der Waals surface area contributed by atoms with Gasteiger partial charge in [-0.25, -0.2) is 0 Å². The summed E-state index contributed by atoms with van der Waals surface area (Å²) in [6.07, 6.45) is 5.34. The van der Waals surface area contributed by atoms with Gasteiger partial charge in [0.05, 0.1) is 0 Å². The molecule has 0 aliphatic heterocycles. The van der Waals surface area contributed by atoms with Crippen molar-refractivity contribution >= 4 is 13.3 Å². The Bertz CT molecular complexity index is 109. The molecule has 0 rings (SSSR count). The van der Waals surface area contributed by atoms with E-state index in [2.05, 4.69) is 26.7 Å². The second-order valence-corrected chi connectivity index (χ2v) is 14.4. The van der Waals surface area contributed by atoms with Crippen molar-refractivity contribution in [3.63, 3.8) is 0 Å². The van der Waals surface area contributed by atoms with Crippen molar-refractivity contribution < 1.29 is 0 Å². The Hall–Kier alpha value is 0.103. The predicted molar refractivity (Wildman–Crippen MR) is 50.8 cm³/mol. The molecule has 0 aromatic carbocycles. The third kappa shape index (κ3) is 2.38. The second kappa shape index (κ2) is 4.85. The molecule has 0 atom stereocenters. The fraction of sp³-hybridized carbons (Fsp3) is 0.778. The molecule has 0 aliphatic carbocycles. The number of hydrogen-bond acceptors (Lipinski definition) is 0. The van der Waals surface area contributed by atoms with Crippen molar-refractivity contribution in [1.82, 2.24) is 0 Å². The van der Waals surface area contributed by atoms with Crippen LogP contribution in [0.4, 0.5) is 0 Å². The molecule has 58 valence electrons. The van der Waals surface area contributed by atoms with Crippen LogP contribution in [-0.4, -0.2) is 13.3 Å². The molecule has 0 bridgehead atoms. The summed E-state index contributed by atoms with van der Waals surface area (Å²) in [6, 6.07) is 0. The molecule has 0 N–H and O–H groups in total. The number of terminal acetylenes is 1. The van der Waals surface area contributed by atoms with E-state index in [9.17, 15) is 0 Å². The van der Waals surface area contributed by atoms with Crippen molar-refractivity contribution in [1.29, 1.82) is 0 Å². The molecule has 0 aromatic rings. The van der Waals surface area contributed by atoms with Crippen LogP contribution in [-0.2, 0) is 0 Å². The molecule has 0 radical (unpaired) electrons. The molecule has 0 unspecified atom stereocenters. The first-order valence-corrected chi connectivity index (χ1v) is 10.1. The fourth-order valence-electron chi connectivity index (χ4n) is 1.34. The van der Waals surface area contributed by atoms with E-state index in [4.69, 9.17) is 6.42 Å². The molecule has 0 nitrogen and oxygen atoms in total. The molecular weight excluding hydrogens is 181 g/mol. The van der Waals surface area contributed by atoms with Gasteiger partial charge in [-0.15, -0.1) is 0 Å². The minimum atomic E-state index is -1.44. The van der Waals surface area contributed by atoms with Crippen molar-refractivity contribution in [3.8, 4) is 12.3 Å². The van der Waals surface area contributed by atoms with Crippen molar-refractivity contribution in [3.05, 3.63) is 0 Å². The predicted octanol–water partition coefficient (Wildman–Crippen LogP) is 3.13. The SMILES string of the molecule is C#C[CH2][Ge]([CH2]C)([CH2]C)[CH2]C. The first-order valence-electron chi connectivity index (χ1n) is 4.18. The van der Waals surface area contributed by atoms with Gasteiger partial charge in [0, 0.05) is 0 Å². The van der Waals surface area contributed by atoms with Crippen molar-refractivity contribution in [2.45, 2.75) is 41.8 Å². The van der Waals surface area contributed by atoms with E-state index in [0.29, 0.717) is 0 Å². The van der Waals surface area contributed by atoms with E-state index < -0.39 is 13.3 Å². The maximum absolute atomic E-state index is 5.34. The Kier molecular flexibility index (Phi) is 4.90. The molecule has 0 aliphatic rings. The van der Waals surface area contributed by atoms with E-state index in [1.807, 2.05) is 0 Å². The van der Waals surface area contributed by atoms with Crippen molar-refractivity contribution in [2.24, 2.45) is 0 Å². The summed E-state index contributed by atoms with van der Waals surface area (Å²) in [7, 11) is 0. The van der Waals surface area contributed by atoms with Crippen LogP contribution >= 0.6 is 0 Å². The fourth-order valence-corrected chi connectivity index (χ4v) is 6.97. The Morgan fingerprint density at radius 3 is 1.60 bits per heavy atom. The van der Waals surface area contributed by atoms with Gasteiger partial charge in [-0.3, -0.25) is 0 Å². The molecule has 0 spiro atoms. The molecule has 0 saturated heterocycles. The number of rotatable bonds is 4. The zero-order valence-corrected chi connectivity index (χ0v) is 9.50. The van der Waals surface area contributed by atoms with Gasteiger partial charge >= 0.3 is 67.4 Å². The van der Waals surface area contributed by atoms with Gasteiger partial charge in [0.2, 0.25) is 0 Å². The van der Waals surface area contributed by atoms with Crippen LogP contribution < -0.4 is 0 Å². The number of hydrogen-bond donors (Lipinski definition) is 0. The molecule has 0 amide bonds. The molecule has 10 heavy (non-hydrogen) atoms. The molecular formula is C9H18Ge. The summed E-state index contributed by atoms with van der Waals surface area (Å²) in [5, 5.41) is 5.33. The Morgan fingerprint density at radius 1 is 1.10 bits per heavy atom. The van der Waals surface area contributed by atoms with E-state index in [1.165, 1.54) is 15.8 Å². The Labute approximate surface area is 67.8 Å². The monoisotopic (exact) mass is 200 g/mol. The third-order valence-corrected chi connectivity index (χ3v) is 14.2. The van der Waals surface area contributed by atoms with Gasteiger partial charge in [-0.05, 0) is 0 Å². The standard InChI is InChI=1S/C9H18Ge/c1-5-9-10(6-2,7-3)8-4/h1H,6-9H2,2-4H3. The van der Waals surface area contributed by atoms with Gasteiger partial charge in [0.25, 0.3) is 0 Å². The van der Waals surface area contributed by atoms with E-state index in [-0.39, 0.29) is 0 Å². The maximum atomic E-state index is 5.34. The molecule has 0 aromatic heterocycles. The van der Waals surface area contributed by atoms with Crippen LogP contribution in [0.1, 0.15) is 20.8 Å². The van der Waals surface area contributed by atoms with Crippen LogP contribution in [0.2, 0.25) is 21.0 Å². The Morgan fingerprint density at radius 2 is 1.50 bits per heavy atom. The first-order chi connectivity index (χ1) is 4.74. The molecule has 1 heteroatoms. The molecule has 0 heterocycles. The molecule has 0 fully saturated rings.